The normalized spacial score (nSPS) is 37.2. The topological polar surface area (TPSA) is 209 Å². The molecule has 4 aliphatic heterocycles. The smallest absolute Gasteiger partial charge is 0.329 e. The van der Waals surface area contributed by atoms with Crippen LogP contribution < -0.4 is 0 Å². The van der Waals surface area contributed by atoms with Crippen LogP contribution in [0, 0.1) is 40.9 Å². The van der Waals surface area contributed by atoms with E-state index in [0.717, 1.165) is 5.57 Å². The minimum atomic E-state index is -2.45. The van der Waals surface area contributed by atoms with Crippen LogP contribution in [-0.4, -0.2) is 155 Å². The molecule has 0 aromatic heterocycles. The predicted molar refractivity (Wildman–Crippen MR) is 301 cm³/mol. The van der Waals surface area contributed by atoms with Crippen LogP contribution >= 0.6 is 0 Å². The van der Waals surface area contributed by atoms with Crippen LogP contribution in [0.25, 0.3) is 0 Å². The highest BCUT2D eigenvalue weighted by molar-refractivity contribution is 6.69. The molecule has 15 atom stereocenters. The molecule has 5 aliphatic rings. The van der Waals surface area contributed by atoms with E-state index in [1.165, 1.54) is 12.0 Å². The van der Waals surface area contributed by atoms with Gasteiger partial charge >= 0.3 is 11.9 Å². The molecule has 1 N–H and O–H groups in total. The number of carbonyl (C=O) groups is 6. The molecular weight excluding hydrogens is 1030 g/mol. The van der Waals surface area contributed by atoms with Gasteiger partial charge in [0.2, 0.25) is 5.79 Å². The maximum atomic E-state index is 14.7. The van der Waals surface area contributed by atoms with Crippen molar-refractivity contribution in [1.29, 1.82) is 0 Å². The summed E-state index contributed by atoms with van der Waals surface area (Å²) in [7, 11) is 2.36. The van der Waals surface area contributed by atoms with Gasteiger partial charge in [0.25, 0.3) is 11.7 Å². The number of rotatable bonds is 10. The molecule has 5 rings (SSSR count). The van der Waals surface area contributed by atoms with Crippen LogP contribution in [-0.2, 0) is 71.1 Å². The number of allylic oxidation sites excluding steroid dienone is 6. The summed E-state index contributed by atoms with van der Waals surface area (Å²) in [5, 5.41) is 12.0. The lowest BCUT2D eigenvalue weighted by Gasteiger charge is -2.42. The van der Waals surface area contributed by atoms with E-state index in [1.807, 2.05) is 83.8 Å². The van der Waals surface area contributed by atoms with Gasteiger partial charge in [-0.25, -0.2) is 4.79 Å². The Morgan fingerprint density at radius 2 is 1.51 bits per heavy atom. The van der Waals surface area contributed by atoms with E-state index in [-0.39, 0.29) is 67.8 Å². The number of fused-ring (bicyclic) bond motifs is 3. The zero-order valence-corrected chi connectivity index (χ0v) is 51.5. The minimum absolute atomic E-state index is 0.0279. The number of ether oxygens (including phenoxy) is 8. The summed E-state index contributed by atoms with van der Waals surface area (Å²) in [6.07, 6.45) is 11.3. The molecule has 18 heteroatoms. The molecule has 0 unspecified atom stereocenters. The van der Waals surface area contributed by atoms with Gasteiger partial charge in [0.1, 0.15) is 35.6 Å². The Hall–Kier alpha value is -3.72. The number of carbonyl (C=O) groups excluding carboxylic acids is 6. The van der Waals surface area contributed by atoms with E-state index in [0.29, 0.717) is 63.4 Å². The second-order valence-corrected chi connectivity index (χ2v) is 29.8. The first kappa shape index (κ1) is 66.1. The van der Waals surface area contributed by atoms with Gasteiger partial charge in [0.05, 0.1) is 37.6 Å². The Labute approximate surface area is 472 Å². The number of amides is 1. The summed E-state index contributed by atoms with van der Waals surface area (Å²) in [5.74, 6) is -9.09. The molecule has 1 saturated carbocycles. The fourth-order valence-corrected chi connectivity index (χ4v) is 12.8. The lowest BCUT2D eigenvalue weighted by molar-refractivity contribution is -0.283. The van der Waals surface area contributed by atoms with E-state index < -0.39 is 110 Å². The van der Waals surface area contributed by atoms with Gasteiger partial charge in [0, 0.05) is 58.5 Å². The first-order valence-corrected chi connectivity index (χ1v) is 32.3. The lowest BCUT2D eigenvalue weighted by atomic mass is 9.78. The number of hydrogen-bond donors (Lipinski definition) is 1. The SMILES string of the molecule is CO[C@H]1C[C@@H]2CC[C@@H](C)[C@@](O)(O2)C(=O)C(=O)N2CCC[C@H]2C(=O)O[C@H]([C@H](C)C[C@@H]2CC[C@@H](OC(=O)C3(C)COC(C)(C)OC3)[C@H](OC)C2)CC(=O)[C@H](C)/C=C(\C)[C@@H](O[Si](C)(C)C)[C@@H](OC)C(=O)[C@H](C)C[C@H](C)/C=C/C=C/C=C1C. The minimum Gasteiger partial charge on any atom is -0.460 e. The summed E-state index contributed by atoms with van der Waals surface area (Å²) in [4.78, 5) is 87.1. The summed E-state index contributed by atoms with van der Waals surface area (Å²) >= 11 is 0. The largest absolute Gasteiger partial charge is 0.460 e. The number of nitrogens with zero attached hydrogens (tertiary/aromatic N) is 1. The second kappa shape index (κ2) is 28.5. The Bertz CT molecular complexity index is 2240. The van der Waals surface area contributed by atoms with Crippen molar-refractivity contribution in [2.75, 3.05) is 41.1 Å². The van der Waals surface area contributed by atoms with Gasteiger partial charge in [-0.1, -0.05) is 71.1 Å². The van der Waals surface area contributed by atoms with E-state index >= 15 is 0 Å². The van der Waals surface area contributed by atoms with E-state index in [2.05, 4.69) is 6.92 Å². The molecule has 79 heavy (non-hydrogen) atoms. The molecule has 1 aliphatic carbocycles. The van der Waals surface area contributed by atoms with Crippen molar-refractivity contribution in [3.63, 3.8) is 0 Å². The van der Waals surface area contributed by atoms with E-state index in [4.69, 9.17) is 42.3 Å². The van der Waals surface area contributed by atoms with Crippen LogP contribution in [0.1, 0.15) is 140 Å². The molecule has 0 radical (unpaired) electrons. The molecule has 2 bridgehead atoms. The van der Waals surface area contributed by atoms with Gasteiger partial charge in [0.15, 0.2) is 19.9 Å². The first-order chi connectivity index (χ1) is 37.0. The number of Topliss-reactive ketones (excluding diaryl/α,β-unsaturated/α-hetero) is 3. The molecule has 446 valence electrons. The Kier molecular flexibility index (Phi) is 23.8. The van der Waals surface area contributed by atoms with Crippen LogP contribution in [0.2, 0.25) is 19.6 Å². The maximum Gasteiger partial charge on any atom is 0.329 e. The lowest BCUT2D eigenvalue weighted by Crippen LogP contribution is -2.59. The summed E-state index contributed by atoms with van der Waals surface area (Å²) < 4.78 is 54.9. The van der Waals surface area contributed by atoms with Crippen molar-refractivity contribution in [2.24, 2.45) is 40.9 Å². The number of methoxy groups -OCH3 is 3. The highest BCUT2D eigenvalue weighted by atomic mass is 28.4. The van der Waals surface area contributed by atoms with E-state index in [1.54, 1.807) is 48.8 Å². The van der Waals surface area contributed by atoms with Crippen molar-refractivity contribution in [3.05, 3.63) is 47.6 Å². The highest BCUT2D eigenvalue weighted by Crippen LogP contribution is 2.40. The highest BCUT2D eigenvalue weighted by Gasteiger charge is 2.54. The second-order valence-electron chi connectivity index (χ2n) is 25.4. The predicted octanol–water partition coefficient (Wildman–Crippen LogP) is 8.99. The third-order valence-electron chi connectivity index (χ3n) is 16.9. The molecule has 0 aromatic carbocycles. The molecule has 0 aromatic rings. The number of cyclic esters (lactones) is 1. The van der Waals surface area contributed by atoms with Gasteiger partial charge in [-0.15, -0.1) is 0 Å². The Morgan fingerprint density at radius 3 is 2.14 bits per heavy atom. The molecule has 1 amide bonds. The number of esters is 2. The zero-order valence-electron chi connectivity index (χ0n) is 50.5. The average Bonchev–Trinajstić information content (AvgIpc) is 3.93. The molecule has 0 spiro atoms. The van der Waals surface area contributed by atoms with Crippen molar-refractivity contribution in [3.8, 4) is 0 Å². The van der Waals surface area contributed by atoms with Crippen molar-refractivity contribution < 1.29 is 76.2 Å². The Morgan fingerprint density at radius 1 is 0.823 bits per heavy atom. The monoisotopic (exact) mass is 1130 g/mol. The molecule has 4 fully saturated rings. The summed E-state index contributed by atoms with van der Waals surface area (Å²) in [5.41, 5.74) is 0.560. The third kappa shape index (κ3) is 17.6. The van der Waals surface area contributed by atoms with Gasteiger partial charge < -0.3 is 52.3 Å². The molecule has 4 heterocycles. The van der Waals surface area contributed by atoms with Crippen molar-refractivity contribution in [1.82, 2.24) is 4.90 Å². The summed E-state index contributed by atoms with van der Waals surface area (Å²) in [6.45, 7) is 25.0. The van der Waals surface area contributed by atoms with Crippen LogP contribution in [0.15, 0.2) is 47.6 Å². The first-order valence-electron chi connectivity index (χ1n) is 28.9. The Balaban J connectivity index is 1.47. The fourth-order valence-electron chi connectivity index (χ4n) is 11.7. The van der Waals surface area contributed by atoms with E-state index in [9.17, 15) is 33.9 Å². The van der Waals surface area contributed by atoms with Gasteiger partial charge in [-0.2, -0.15) is 0 Å². The van der Waals surface area contributed by atoms with Crippen LogP contribution in [0.3, 0.4) is 0 Å². The standard InChI is InChI=1S/C61H97NO16Si/c1-37-21-18-17-19-22-38(2)49(70-11)33-45-26-24-43(7)61(69,77-45)55(65)56(66)62-28-20-23-46(62)57(67)75-50(34-47(63)39(3)30-42(6)53(78-79(14,15)16)54(72-13)52(64)41(5)29-37)40(4)31-44-25-27-48(51(32-44)71-12)76-58(68)60(10)35-73-59(8,9)74-36-60/h17-19,21-22,30,37,39-41,43-46,48-51,53-54,69H,20,23-29,31-36H2,1-16H3/b19-17+,21-18+,38-22?,42-30+/t37-,39-,40-,41-,43-,44+,45+,46+,48-,49+,50+,51-,53-,54+,61-/m1/s1. The van der Waals surface area contributed by atoms with Crippen molar-refractivity contribution >= 4 is 43.5 Å². The summed E-state index contributed by atoms with van der Waals surface area (Å²) in [6, 6.07) is -1.16. The quantitative estimate of drug-likeness (QED) is 0.0937. The van der Waals surface area contributed by atoms with Gasteiger partial charge in [-0.05, 0) is 141 Å². The average molecular weight is 1130 g/mol. The van der Waals surface area contributed by atoms with Crippen LogP contribution in [0.5, 0.6) is 0 Å². The molecule has 3 saturated heterocycles. The van der Waals surface area contributed by atoms with Crippen LogP contribution in [0.4, 0.5) is 0 Å². The van der Waals surface area contributed by atoms with Gasteiger partial charge in [-0.3, -0.25) is 24.0 Å². The zero-order chi connectivity index (χ0) is 58.8. The maximum absolute atomic E-state index is 14.7. The van der Waals surface area contributed by atoms with Crippen molar-refractivity contribution in [2.45, 2.75) is 220 Å². The number of aliphatic hydroxyl groups is 1. The number of hydrogen-bond acceptors (Lipinski definition) is 16. The fraction of sp³-hybridized carbons (Fsp3) is 0.770. The molecular formula is C61H97NO16Si. The number of ketones is 3. The third-order valence-corrected chi connectivity index (χ3v) is 17.8. The molecule has 17 nitrogen and oxygen atoms in total.